The molecule has 5 nitrogen and oxygen atoms in total. The summed E-state index contributed by atoms with van der Waals surface area (Å²) in [4.78, 5) is 12.5. The van der Waals surface area contributed by atoms with Gasteiger partial charge in [0.15, 0.2) is 11.6 Å². The van der Waals surface area contributed by atoms with Gasteiger partial charge in [-0.2, -0.15) is 0 Å². The molecule has 0 aliphatic carbocycles. The van der Waals surface area contributed by atoms with Crippen molar-refractivity contribution in [1.29, 1.82) is 0 Å². The molecule has 8 heteroatoms. The number of benzene rings is 1. The predicted octanol–water partition coefficient (Wildman–Crippen LogP) is 5.02. The Morgan fingerprint density at radius 1 is 1.32 bits per heavy atom. The third-order valence-corrected chi connectivity index (χ3v) is 4.75. The SMILES string of the molecule is CC(C)c1nc2c(F)cc(-c3nc(Cl)ncc3Cl)c3c2n1C(C)CO3. The van der Waals surface area contributed by atoms with Crippen LogP contribution in [0.25, 0.3) is 22.3 Å². The summed E-state index contributed by atoms with van der Waals surface area (Å²) in [7, 11) is 0. The van der Waals surface area contributed by atoms with E-state index in [1.165, 1.54) is 12.3 Å². The Morgan fingerprint density at radius 3 is 2.80 bits per heavy atom. The highest BCUT2D eigenvalue weighted by Gasteiger charge is 2.30. The number of imidazole rings is 1. The van der Waals surface area contributed by atoms with Crippen LogP contribution in [0.1, 0.15) is 38.6 Å². The second-order valence-electron chi connectivity index (χ2n) is 6.42. The van der Waals surface area contributed by atoms with Gasteiger partial charge in [-0.3, -0.25) is 0 Å². The van der Waals surface area contributed by atoms with Crippen molar-refractivity contribution in [2.45, 2.75) is 32.7 Å². The second-order valence-corrected chi connectivity index (χ2v) is 7.17. The smallest absolute Gasteiger partial charge is 0.222 e. The molecule has 1 atom stereocenters. The zero-order valence-corrected chi connectivity index (χ0v) is 15.4. The number of hydrogen-bond acceptors (Lipinski definition) is 4. The first-order valence-electron chi connectivity index (χ1n) is 7.94. The molecular weight excluding hydrogens is 366 g/mol. The molecule has 0 saturated carbocycles. The fraction of sp³-hybridized carbons (Fsp3) is 0.353. The second kappa shape index (κ2) is 5.81. The van der Waals surface area contributed by atoms with Crippen LogP contribution in [0.3, 0.4) is 0 Å². The van der Waals surface area contributed by atoms with Gasteiger partial charge in [-0.25, -0.2) is 19.3 Å². The van der Waals surface area contributed by atoms with Gasteiger partial charge in [0.2, 0.25) is 5.28 Å². The van der Waals surface area contributed by atoms with E-state index in [2.05, 4.69) is 15.0 Å². The number of nitrogens with zero attached hydrogens (tertiary/aromatic N) is 4. The first-order valence-corrected chi connectivity index (χ1v) is 8.69. The standard InChI is InChI=1S/C17H15Cl2FN4O/c1-7(2)16-22-13-11(20)4-9(12-10(18)5-21-17(19)23-12)15-14(13)24(16)8(3)6-25-15/h4-5,7-8H,6H2,1-3H3. The Bertz CT molecular complexity index is 1000. The lowest BCUT2D eigenvalue weighted by Crippen LogP contribution is -2.22. The van der Waals surface area contributed by atoms with Crippen LogP contribution in [0, 0.1) is 5.82 Å². The number of ether oxygens (including phenoxy) is 1. The van der Waals surface area contributed by atoms with Crippen molar-refractivity contribution < 1.29 is 9.13 Å². The first kappa shape index (κ1) is 16.5. The lowest BCUT2D eigenvalue weighted by molar-refractivity contribution is 0.245. The number of halogens is 3. The molecule has 1 aliphatic rings. The van der Waals surface area contributed by atoms with Crippen LogP contribution >= 0.6 is 23.2 Å². The maximum atomic E-state index is 14.8. The fourth-order valence-electron chi connectivity index (χ4n) is 3.21. The fourth-order valence-corrected chi connectivity index (χ4v) is 3.54. The summed E-state index contributed by atoms with van der Waals surface area (Å²) < 4.78 is 22.8. The topological polar surface area (TPSA) is 52.8 Å². The maximum absolute atomic E-state index is 14.8. The van der Waals surface area contributed by atoms with E-state index >= 15 is 0 Å². The lowest BCUT2D eigenvalue weighted by Gasteiger charge is -2.26. The summed E-state index contributed by atoms with van der Waals surface area (Å²) in [5.74, 6) is 1.05. The number of hydrogen-bond donors (Lipinski definition) is 0. The van der Waals surface area contributed by atoms with E-state index in [1.54, 1.807) is 0 Å². The van der Waals surface area contributed by atoms with E-state index in [1.807, 2.05) is 25.3 Å². The molecule has 25 heavy (non-hydrogen) atoms. The Morgan fingerprint density at radius 2 is 2.08 bits per heavy atom. The van der Waals surface area contributed by atoms with Gasteiger partial charge >= 0.3 is 0 Å². The maximum Gasteiger partial charge on any atom is 0.222 e. The van der Waals surface area contributed by atoms with Crippen molar-refractivity contribution >= 4 is 34.2 Å². The number of aromatic nitrogens is 4. The molecule has 0 fully saturated rings. The predicted molar refractivity (Wildman–Crippen MR) is 95.0 cm³/mol. The Labute approximate surface area is 153 Å². The van der Waals surface area contributed by atoms with Crippen molar-refractivity contribution in [3.05, 3.63) is 34.2 Å². The van der Waals surface area contributed by atoms with Crippen molar-refractivity contribution in [2.24, 2.45) is 0 Å². The largest absolute Gasteiger partial charge is 0.488 e. The van der Waals surface area contributed by atoms with Gasteiger partial charge in [-0.05, 0) is 24.6 Å². The highest BCUT2D eigenvalue weighted by molar-refractivity contribution is 6.33. The lowest BCUT2D eigenvalue weighted by atomic mass is 10.1. The van der Waals surface area contributed by atoms with Gasteiger partial charge in [-0.15, -0.1) is 0 Å². The van der Waals surface area contributed by atoms with Gasteiger partial charge in [-0.1, -0.05) is 25.4 Å². The third-order valence-electron chi connectivity index (χ3n) is 4.29. The normalized spacial score (nSPS) is 16.5. The molecule has 4 rings (SSSR count). The Hall–Kier alpha value is -1.92. The summed E-state index contributed by atoms with van der Waals surface area (Å²) in [6.07, 6.45) is 1.39. The summed E-state index contributed by atoms with van der Waals surface area (Å²) in [5.41, 5.74) is 1.71. The van der Waals surface area contributed by atoms with E-state index in [9.17, 15) is 4.39 Å². The van der Waals surface area contributed by atoms with Crippen LogP contribution in [0.2, 0.25) is 10.3 Å². The molecule has 3 aromatic rings. The van der Waals surface area contributed by atoms with Crippen LogP contribution < -0.4 is 4.74 Å². The van der Waals surface area contributed by atoms with Crippen LogP contribution in [-0.2, 0) is 0 Å². The van der Waals surface area contributed by atoms with E-state index < -0.39 is 5.82 Å². The summed E-state index contributed by atoms with van der Waals surface area (Å²) in [5, 5.41) is 0.310. The minimum atomic E-state index is -0.446. The molecular formula is C17H15Cl2FN4O. The summed E-state index contributed by atoms with van der Waals surface area (Å²) in [6.45, 7) is 6.54. The van der Waals surface area contributed by atoms with E-state index in [0.29, 0.717) is 34.6 Å². The molecule has 0 spiro atoms. The van der Waals surface area contributed by atoms with Crippen LogP contribution in [0.15, 0.2) is 12.3 Å². The van der Waals surface area contributed by atoms with Gasteiger partial charge in [0.25, 0.3) is 0 Å². The third kappa shape index (κ3) is 2.47. The van der Waals surface area contributed by atoms with Gasteiger partial charge in [0.05, 0.1) is 23.0 Å². The highest BCUT2D eigenvalue weighted by atomic mass is 35.5. The molecule has 0 N–H and O–H groups in total. The Kier molecular flexibility index (Phi) is 3.85. The van der Waals surface area contributed by atoms with E-state index in [-0.39, 0.29) is 22.3 Å². The van der Waals surface area contributed by atoms with Gasteiger partial charge in [0, 0.05) is 11.5 Å². The quantitative estimate of drug-likeness (QED) is 0.585. The molecule has 0 amide bonds. The number of rotatable bonds is 2. The molecule has 0 radical (unpaired) electrons. The van der Waals surface area contributed by atoms with Crippen molar-refractivity contribution in [1.82, 2.24) is 19.5 Å². The molecule has 1 unspecified atom stereocenters. The minimum absolute atomic E-state index is 0.0349. The van der Waals surface area contributed by atoms with Crippen LogP contribution in [-0.4, -0.2) is 26.1 Å². The van der Waals surface area contributed by atoms with Crippen LogP contribution in [0.4, 0.5) is 4.39 Å². The first-order chi connectivity index (χ1) is 11.9. The molecule has 130 valence electrons. The Balaban J connectivity index is 2.11. The molecule has 3 heterocycles. The van der Waals surface area contributed by atoms with Crippen molar-refractivity contribution in [3.8, 4) is 17.0 Å². The van der Waals surface area contributed by atoms with Crippen LogP contribution in [0.5, 0.6) is 5.75 Å². The molecule has 1 aliphatic heterocycles. The summed E-state index contributed by atoms with van der Waals surface area (Å²) in [6, 6.07) is 1.40. The van der Waals surface area contributed by atoms with E-state index in [4.69, 9.17) is 27.9 Å². The monoisotopic (exact) mass is 380 g/mol. The highest BCUT2D eigenvalue weighted by Crippen LogP contribution is 2.44. The molecule has 2 aromatic heterocycles. The molecule has 1 aromatic carbocycles. The zero-order valence-electron chi connectivity index (χ0n) is 13.8. The minimum Gasteiger partial charge on any atom is -0.488 e. The van der Waals surface area contributed by atoms with Gasteiger partial charge < -0.3 is 9.30 Å². The molecule has 0 bridgehead atoms. The van der Waals surface area contributed by atoms with E-state index in [0.717, 1.165) is 5.82 Å². The average molecular weight is 381 g/mol. The zero-order chi connectivity index (χ0) is 17.9. The van der Waals surface area contributed by atoms with Gasteiger partial charge in [0.1, 0.15) is 23.5 Å². The van der Waals surface area contributed by atoms with Crippen molar-refractivity contribution in [2.75, 3.05) is 6.61 Å². The summed E-state index contributed by atoms with van der Waals surface area (Å²) >= 11 is 12.1. The average Bonchev–Trinajstić information content (AvgIpc) is 2.98. The molecule has 0 saturated heterocycles. The van der Waals surface area contributed by atoms with Crippen molar-refractivity contribution in [3.63, 3.8) is 0 Å².